The van der Waals surface area contributed by atoms with Crippen molar-refractivity contribution in [2.45, 2.75) is 6.54 Å². The normalized spacial score (nSPS) is 9.93. The lowest BCUT2D eigenvalue weighted by Crippen LogP contribution is -2.39. The Morgan fingerprint density at radius 3 is 2.20 bits per heavy atom. The lowest BCUT2D eigenvalue weighted by molar-refractivity contribution is -0.254. The molecule has 0 aliphatic carbocycles. The Labute approximate surface area is 89.7 Å². The van der Waals surface area contributed by atoms with Gasteiger partial charge in [0.15, 0.2) is 0 Å². The van der Waals surface area contributed by atoms with Crippen LogP contribution < -0.4 is 11.1 Å². The van der Waals surface area contributed by atoms with Crippen LogP contribution in [0, 0.1) is 0 Å². The van der Waals surface area contributed by atoms with Gasteiger partial charge in [-0.1, -0.05) is 30.3 Å². The third kappa shape index (κ3) is 2.82. The SMILES string of the molecule is [NH3+]c1ccc(NCc2ccccc2)cc1. The number of rotatable bonds is 3. The van der Waals surface area contributed by atoms with Crippen LogP contribution in [0.2, 0.25) is 0 Å². The van der Waals surface area contributed by atoms with E-state index in [1.165, 1.54) is 5.56 Å². The summed E-state index contributed by atoms with van der Waals surface area (Å²) in [6.07, 6.45) is 0. The van der Waals surface area contributed by atoms with E-state index in [9.17, 15) is 0 Å². The highest BCUT2D eigenvalue weighted by atomic mass is 14.9. The standard InChI is InChI=1S/C13H14N2/c14-12-6-8-13(9-7-12)15-10-11-4-2-1-3-5-11/h1-9,15H,10,14H2/p+1. The van der Waals surface area contributed by atoms with Gasteiger partial charge in [-0.25, -0.2) is 0 Å². The van der Waals surface area contributed by atoms with Crippen LogP contribution >= 0.6 is 0 Å². The summed E-state index contributed by atoms with van der Waals surface area (Å²) in [4.78, 5) is 0. The van der Waals surface area contributed by atoms with Gasteiger partial charge in [-0.2, -0.15) is 0 Å². The largest absolute Gasteiger partial charge is 0.381 e. The third-order valence-electron chi connectivity index (χ3n) is 2.29. The zero-order valence-electron chi connectivity index (χ0n) is 8.61. The van der Waals surface area contributed by atoms with Crippen molar-refractivity contribution in [1.29, 1.82) is 0 Å². The van der Waals surface area contributed by atoms with Gasteiger partial charge in [0.1, 0.15) is 5.69 Å². The van der Waals surface area contributed by atoms with Crippen LogP contribution in [0.15, 0.2) is 54.6 Å². The smallest absolute Gasteiger partial charge is 0.128 e. The molecule has 76 valence electrons. The predicted octanol–water partition coefficient (Wildman–Crippen LogP) is 2.17. The molecule has 0 spiro atoms. The fourth-order valence-corrected chi connectivity index (χ4v) is 1.42. The number of hydrogen-bond donors (Lipinski definition) is 2. The summed E-state index contributed by atoms with van der Waals surface area (Å²) in [5.41, 5.74) is 7.31. The minimum atomic E-state index is 0.858. The number of anilines is 1. The van der Waals surface area contributed by atoms with Crippen LogP contribution in [0.3, 0.4) is 0 Å². The van der Waals surface area contributed by atoms with Crippen LogP contribution in [-0.4, -0.2) is 0 Å². The van der Waals surface area contributed by atoms with Crippen molar-refractivity contribution in [2.75, 3.05) is 5.32 Å². The van der Waals surface area contributed by atoms with Gasteiger partial charge >= 0.3 is 0 Å². The number of quaternary nitrogens is 1. The quantitative estimate of drug-likeness (QED) is 0.781. The molecule has 0 unspecified atom stereocenters. The van der Waals surface area contributed by atoms with E-state index in [1.807, 2.05) is 30.3 Å². The Balaban J connectivity index is 1.96. The maximum Gasteiger partial charge on any atom is 0.128 e. The van der Waals surface area contributed by atoms with Crippen LogP contribution in [0.1, 0.15) is 5.56 Å². The summed E-state index contributed by atoms with van der Waals surface area (Å²) in [5.74, 6) is 0. The molecule has 0 fully saturated rings. The van der Waals surface area contributed by atoms with E-state index in [4.69, 9.17) is 0 Å². The van der Waals surface area contributed by atoms with Crippen molar-refractivity contribution in [3.05, 3.63) is 60.2 Å². The molecule has 0 radical (unpaired) electrons. The van der Waals surface area contributed by atoms with E-state index in [0.29, 0.717) is 0 Å². The van der Waals surface area contributed by atoms with Gasteiger partial charge in [-0.15, -0.1) is 0 Å². The zero-order valence-corrected chi connectivity index (χ0v) is 8.61. The van der Waals surface area contributed by atoms with Crippen LogP contribution in [0.4, 0.5) is 11.4 Å². The number of benzene rings is 2. The van der Waals surface area contributed by atoms with Crippen molar-refractivity contribution in [3.63, 3.8) is 0 Å². The molecule has 0 bridgehead atoms. The zero-order chi connectivity index (χ0) is 10.5. The molecule has 0 saturated carbocycles. The minimum absolute atomic E-state index is 0.858. The number of hydrogen-bond acceptors (Lipinski definition) is 1. The Hall–Kier alpha value is -1.80. The van der Waals surface area contributed by atoms with Gasteiger partial charge in [0.05, 0.1) is 0 Å². The first kappa shape index (κ1) is 9.74. The number of nitrogens with one attached hydrogen (secondary N) is 1. The molecule has 0 heterocycles. The Morgan fingerprint density at radius 2 is 1.53 bits per heavy atom. The first-order valence-corrected chi connectivity index (χ1v) is 5.04. The first-order chi connectivity index (χ1) is 7.34. The Morgan fingerprint density at radius 1 is 0.867 bits per heavy atom. The molecule has 0 saturated heterocycles. The molecule has 2 heteroatoms. The fraction of sp³-hybridized carbons (Fsp3) is 0.0769. The topological polar surface area (TPSA) is 39.7 Å². The van der Waals surface area contributed by atoms with Crippen molar-refractivity contribution in [3.8, 4) is 0 Å². The summed E-state index contributed by atoms with van der Waals surface area (Å²) >= 11 is 0. The maximum atomic E-state index is 3.85. The summed E-state index contributed by atoms with van der Waals surface area (Å²) in [6.45, 7) is 0.858. The molecule has 2 nitrogen and oxygen atoms in total. The molecule has 0 aromatic heterocycles. The minimum Gasteiger partial charge on any atom is -0.381 e. The van der Waals surface area contributed by atoms with Gasteiger partial charge in [0.25, 0.3) is 0 Å². The second kappa shape index (κ2) is 4.62. The van der Waals surface area contributed by atoms with Gasteiger partial charge in [-0.05, 0) is 17.7 Å². The lowest BCUT2D eigenvalue weighted by Gasteiger charge is -2.05. The van der Waals surface area contributed by atoms with Crippen molar-refractivity contribution in [2.24, 2.45) is 0 Å². The molecule has 0 amide bonds. The lowest BCUT2D eigenvalue weighted by atomic mass is 10.2. The molecule has 0 atom stereocenters. The summed E-state index contributed by atoms with van der Waals surface area (Å²) in [6, 6.07) is 18.5. The van der Waals surface area contributed by atoms with Crippen molar-refractivity contribution in [1.82, 2.24) is 0 Å². The average molecular weight is 199 g/mol. The van der Waals surface area contributed by atoms with E-state index in [1.54, 1.807) is 0 Å². The Kier molecular flexibility index (Phi) is 3.00. The van der Waals surface area contributed by atoms with Gasteiger partial charge in [-0.3, -0.25) is 0 Å². The van der Waals surface area contributed by atoms with E-state index in [-0.39, 0.29) is 0 Å². The molecular weight excluding hydrogens is 184 g/mol. The van der Waals surface area contributed by atoms with Crippen LogP contribution in [-0.2, 0) is 6.54 Å². The molecule has 0 aliphatic heterocycles. The summed E-state index contributed by atoms with van der Waals surface area (Å²) in [5, 5.41) is 3.36. The predicted molar refractivity (Wildman–Crippen MR) is 62.8 cm³/mol. The highest BCUT2D eigenvalue weighted by Gasteiger charge is 1.93. The molecule has 2 aromatic carbocycles. The van der Waals surface area contributed by atoms with Gasteiger partial charge < -0.3 is 11.1 Å². The van der Waals surface area contributed by atoms with Crippen molar-refractivity contribution >= 4 is 11.4 Å². The Bertz CT molecular complexity index is 406. The third-order valence-corrected chi connectivity index (χ3v) is 2.29. The van der Waals surface area contributed by atoms with E-state index in [2.05, 4.69) is 35.3 Å². The first-order valence-electron chi connectivity index (χ1n) is 5.04. The van der Waals surface area contributed by atoms with Crippen molar-refractivity contribution < 1.29 is 5.73 Å². The van der Waals surface area contributed by atoms with E-state index < -0.39 is 0 Å². The van der Waals surface area contributed by atoms with Crippen LogP contribution in [0.25, 0.3) is 0 Å². The summed E-state index contributed by atoms with van der Waals surface area (Å²) in [7, 11) is 0. The fourth-order valence-electron chi connectivity index (χ4n) is 1.42. The molecule has 2 aromatic rings. The van der Waals surface area contributed by atoms with E-state index in [0.717, 1.165) is 17.9 Å². The summed E-state index contributed by atoms with van der Waals surface area (Å²) < 4.78 is 0. The second-order valence-corrected chi connectivity index (χ2v) is 3.54. The average Bonchev–Trinajstić information content (AvgIpc) is 2.30. The highest BCUT2D eigenvalue weighted by Crippen LogP contribution is 2.10. The molecule has 2 rings (SSSR count). The molecular formula is C13H15N2+. The monoisotopic (exact) mass is 199 g/mol. The molecule has 4 N–H and O–H groups in total. The van der Waals surface area contributed by atoms with Gasteiger partial charge in [0.2, 0.25) is 0 Å². The second-order valence-electron chi connectivity index (χ2n) is 3.54. The van der Waals surface area contributed by atoms with E-state index >= 15 is 0 Å². The van der Waals surface area contributed by atoms with Gasteiger partial charge in [0, 0.05) is 24.4 Å². The highest BCUT2D eigenvalue weighted by molar-refractivity contribution is 5.48. The molecule has 0 aliphatic rings. The maximum absolute atomic E-state index is 3.85. The van der Waals surface area contributed by atoms with Crippen LogP contribution in [0.5, 0.6) is 0 Å². The molecule has 15 heavy (non-hydrogen) atoms.